The van der Waals surface area contributed by atoms with E-state index in [4.69, 9.17) is 11.6 Å². The van der Waals surface area contributed by atoms with Crippen LogP contribution in [-0.2, 0) is 0 Å². The molecule has 0 atom stereocenters. The van der Waals surface area contributed by atoms with E-state index in [1.807, 2.05) is 18.2 Å². The average Bonchev–Trinajstić information content (AvgIpc) is 2.49. The van der Waals surface area contributed by atoms with Crippen molar-refractivity contribution in [3.63, 3.8) is 0 Å². The summed E-state index contributed by atoms with van der Waals surface area (Å²) in [4.78, 5) is 2.35. The first-order valence-corrected chi connectivity index (χ1v) is 7.67. The quantitative estimate of drug-likeness (QED) is 0.825. The van der Waals surface area contributed by atoms with Crippen molar-refractivity contribution in [1.29, 1.82) is 0 Å². The van der Waals surface area contributed by atoms with Gasteiger partial charge in [0.2, 0.25) is 0 Å². The highest BCUT2D eigenvalue weighted by atomic mass is 35.5. The van der Waals surface area contributed by atoms with Gasteiger partial charge < -0.3 is 4.90 Å². The van der Waals surface area contributed by atoms with Gasteiger partial charge >= 0.3 is 0 Å². The Hall–Kier alpha value is -1.35. The summed E-state index contributed by atoms with van der Waals surface area (Å²) >= 11 is 6.14. The van der Waals surface area contributed by atoms with Gasteiger partial charge in [0.15, 0.2) is 11.0 Å². The van der Waals surface area contributed by atoms with E-state index in [0.29, 0.717) is 10.6 Å². The number of hydrogen-bond acceptors (Lipinski definition) is 3. The van der Waals surface area contributed by atoms with Gasteiger partial charge in [-0.1, -0.05) is 56.1 Å². The molecule has 1 aromatic heterocycles. The predicted octanol–water partition coefficient (Wildman–Crippen LogP) is 4.30. The standard InChI is InChI=1S/C16H20ClN3/c1-3-16(2)8-10-20(11-9-16)15-13-7-5-4-6-12(13)14(17)18-19-15/h4-7H,3,8-11H2,1-2H3. The Balaban J connectivity index is 1.94. The van der Waals surface area contributed by atoms with Crippen molar-refractivity contribution in [1.82, 2.24) is 10.2 Å². The Kier molecular flexibility index (Phi) is 3.55. The zero-order valence-electron chi connectivity index (χ0n) is 12.1. The number of halogens is 1. The third-order valence-corrected chi connectivity index (χ3v) is 5.03. The largest absolute Gasteiger partial charge is 0.355 e. The molecule has 0 amide bonds. The summed E-state index contributed by atoms with van der Waals surface area (Å²) in [7, 11) is 0. The lowest BCUT2D eigenvalue weighted by molar-refractivity contribution is 0.238. The molecule has 0 N–H and O–H groups in total. The first-order chi connectivity index (χ1) is 9.63. The normalized spacial score (nSPS) is 18.4. The van der Waals surface area contributed by atoms with Gasteiger partial charge in [-0.3, -0.25) is 0 Å². The lowest BCUT2D eigenvalue weighted by atomic mass is 9.78. The summed E-state index contributed by atoms with van der Waals surface area (Å²) in [5, 5.41) is 11.0. The van der Waals surface area contributed by atoms with Crippen molar-refractivity contribution >= 4 is 28.2 Å². The van der Waals surface area contributed by atoms with E-state index in [2.05, 4.69) is 35.0 Å². The monoisotopic (exact) mass is 289 g/mol. The van der Waals surface area contributed by atoms with E-state index in [1.54, 1.807) is 0 Å². The van der Waals surface area contributed by atoms with Gasteiger partial charge in [-0.15, -0.1) is 10.2 Å². The molecule has 2 heterocycles. The summed E-state index contributed by atoms with van der Waals surface area (Å²) in [6.07, 6.45) is 3.66. The molecule has 1 aliphatic rings. The fourth-order valence-electron chi connectivity index (χ4n) is 2.90. The van der Waals surface area contributed by atoms with E-state index in [-0.39, 0.29) is 0 Å². The molecule has 3 nitrogen and oxygen atoms in total. The molecular weight excluding hydrogens is 270 g/mol. The maximum Gasteiger partial charge on any atom is 0.159 e. The predicted molar refractivity (Wildman–Crippen MR) is 84.4 cm³/mol. The molecule has 3 rings (SSSR count). The Morgan fingerprint density at radius 1 is 1.15 bits per heavy atom. The molecule has 0 saturated carbocycles. The molecule has 1 fully saturated rings. The SMILES string of the molecule is CCC1(C)CCN(c2nnc(Cl)c3ccccc23)CC1. The van der Waals surface area contributed by atoms with E-state index >= 15 is 0 Å². The molecule has 1 aromatic carbocycles. The van der Waals surface area contributed by atoms with Gasteiger partial charge in [0.25, 0.3) is 0 Å². The van der Waals surface area contributed by atoms with Crippen molar-refractivity contribution in [2.45, 2.75) is 33.1 Å². The summed E-state index contributed by atoms with van der Waals surface area (Å²) < 4.78 is 0. The Labute approximate surface area is 124 Å². The van der Waals surface area contributed by atoms with Gasteiger partial charge in [0.05, 0.1) is 0 Å². The van der Waals surface area contributed by atoms with Gasteiger partial charge in [0.1, 0.15) is 0 Å². The summed E-state index contributed by atoms with van der Waals surface area (Å²) in [6, 6.07) is 8.11. The third kappa shape index (κ3) is 2.35. The van der Waals surface area contributed by atoms with Gasteiger partial charge in [-0.05, 0) is 18.3 Å². The summed E-state index contributed by atoms with van der Waals surface area (Å²) in [5.41, 5.74) is 0.478. The van der Waals surface area contributed by atoms with Crippen LogP contribution < -0.4 is 4.90 Å². The Morgan fingerprint density at radius 3 is 2.45 bits per heavy atom. The van der Waals surface area contributed by atoms with Crippen LogP contribution in [0, 0.1) is 5.41 Å². The Bertz CT molecular complexity index is 618. The molecule has 0 spiro atoms. The van der Waals surface area contributed by atoms with Crippen molar-refractivity contribution < 1.29 is 0 Å². The molecule has 0 bridgehead atoms. The minimum Gasteiger partial charge on any atom is -0.355 e. The number of hydrogen-bond donors (Lipinski definition) is 0. The van der Waals surface area contributed by atoms with Crippen LogP contribution in [0.5, 0.6) is 0 Å². The van der Waals surface area contributed by atoms with Crippen molar-refractivity contribution in [2.75, 3.05) is 18.0 Å². The molecular formula is C16H20ClN3. The molecule has 0 aliphatic carbocycles. The molecule has 0 unspecified atom stereocenters. The van der Waals surface area contributed by atoms with E-state index < -0.39 is 0 Å². The van der Waals surface area contributed by atoms with Crippen LogP contribution in [0.2, 0.25) is 5.15 Å². The smallest absolute Gasteiger partial charge is 0.159 e. The first kappa shape index (κ1) is 13.6. The number of piperidine rings is 1. The lowest BCUT2D eigenvalue weighted by Gasteiger charge is -2.39. The molecule has 1 saturated heterocycles. The molecule has 106 valence electrons. The number of rotatable bonds is 2. The zero-order valence-corrected chi connectivity index (χ0v) is 12.8. The van der Waals surface area contributed by atoms with Crippen LogP contribution in [0.1, 0.15) is 33.1 Å². The third-order valence-electron chi connectivity index (χ3n) is 4.75. The van der Waals surface area contributed by atoms with Gasteiger partial charge in [0, 0.05) is 23.9 Å². The number of nitrogens with zero attached hydrogens (tertiary/aromatic N) is 3. The van der Waals surface area contributed by atoms with Crippen molar-refractivity contribution in [3.8, 4) is 0 Å². The fourth-order valence-corrected chi connectivity index (χ4v) is 3.11. The van der Waals surface area contributed by atoms with Crippen molar-refractivity contribution in [3.05, 3.63) is 29.4 Å². The second-order valence-corrected chi connectivity index (χ2v) is 6.37. The Morgan fingerprint density at radius 2 is 1.80 bits per heavy atom. The summed E-state index contributed by atoms with van der Waals surface area (Å²) in [5.74, 6) is 0.975. The highest BCUT2D eigenvalue weighted by Crippen LogP contribution is 2.37. The van der Waals surface area contributed by atoms with Crippen LogP contribution in [0.15, 0.2) is 24.3 Å². The second-order valence-electron chi connectivity index (χ2n) is 6.01. The molecule has 1 aliphatic heterocycles. The maximum atomic E-state index is 6.14. The minimum absolute atomic E-state index is 0.478. The number of fused-ring (bicyclic) bond motifs is 1. The second kappa shape index (κ2) is 5.21. The number of benzene rings is 1. The van der Waals surface area contributed by atoms with E-state index in [9.17, 15) is 0 Å². The maximum absolute atomic E-state index is 6.14. The fraction of sp³-hybridized carbons (Fsp3) is 0.500. The van der Waals surface area contributed by atoms with Crippen molar-refractivity contribution in [2.24, 2.45) is 5.41 Å². The highest BCUT2D eigenvalue weighted by Gasteiger charge is 2.29. The average molecular weight is 290 g/mol. The molecule has 0 radical (unpaired) electrons. The summed E-state index contributed by atoms with van der Waals surface area (Å²) in [6.45, 7) is 6.76. The van der Waals surface area contributed by atoms with E-state index in [1.165, 1.54) is 19.3 Å². The molecule has 4 heteroatoms. The van der Waals surface area contributed by atoms with Crippen LogP contribution in [0.25, 0.3) is 10.8 Å². The zero-order chi connectivity index (χ0) is 14.2. The topological polar surface area (TPSA) is 29.0 Å². The molecule has 20 heavy (non-hydrogen) atoms. The highest BCUT2D eigenvalue weighted by molar-refractivity contribution is 6.34. The minimum atomic E-state index is 0.478. The van der Waals surface area contributed by atoms with Crippen LogP contribution in [-0.4, -0.2) is 23.3 Å². The van der Waals surface area contributed by atoms with Gasteiger partial charge in [-0.2, -0.15) is 0 Å². The van der Waals surface area contributed by atoms with Crippen LogP contribution in [0.4, 0.5) is 5.82 Å². The van der Waals surface area contributed by atoms with Gasteiger partial charge in [-0.25, -0.2) is 0 Å². The first-order valence-electron chi connectivity index (χ1n) is 7.29. The number of aromatic nitrogens is 2. The molecule has 2 aromatic rings. The van der Waals surface area contributed by atoms with Crippen LogP contribution >= 0.6 is 11.6 Å². The lowest BCUT2D eigenvalue weighted by Crippen LogP contribution is -2.39. The van der Waals surface area contributed by atoms with E-state index in [0.717, 1.165) is 29.7 Å². The number of anilines is 1. The van der Waals surface area contributed by atoms with Crippen LogP contribution in [0.3, 0.4) is 0 Å².